The highest BCUT2D eigenvalue weighted by atomic mass is 16.5. The number of nitrogens with zero attached hydrogens (tertiary/aromatic N) is 2. The van der Waals surface area contributed by atoms with Gasteiger partial charge >= 0.3 is 0 Å². The van der Waals surface area contributed by atoms with Gasteiger partial charge in [-0.3, -0.25) is 9.59 Å². The van der Waals surface area contributed by atoms with E-state index in [2.05, 4.69) is 0 Å². The quantitative estimate of drug-likeness (QED) is 0.332. The van der Waals surface area contributed by atoms with Gasteiger partial charge < -0.3 is 38.2 Å². The molecule has 0 N–H and O–H groups in total. The maximum Gasteiger partial charge on any atom is 0.254 e. The van der Waals surface area contributed by atoms with E-state index in [4.69, 9.17) is 28.4 Å². The Morgan fingerprint density at radius 1 is 0.571 bits per heavy atom. The van der Waals surface area contributed by atoms with E-state index in [1.165, 1.54) is 21.3 Å². The first-order valence-corrected chi connectivity index (χ1v) is 13.3. The van der Waals surface area contributed by atoms with Crippen molar-refractivity contribution in [3.05, 3.63) is 77.4 Å². The smallest absolute Gasteiger partial charge is 0.254 e. The number of piperazine rings is 1. The van der Waals surface area contributed by atoms with Gasteiger partial charge in [-0.1, -0.05) is 18.2 Å². The second-order valence-electron chi connectivity index (χ2n) is 9.39. The van der Waals surface area contributed by atoms with Crippen LogP contribution in [0.4, 0.5) is 0 Å². The highest BCUT2D eigenvalue weighted by Crippen LogP contribution is 2.38. The molecule has 1 heterocycles. The normalized spacial score (nSPS) is 13.3. The zero-order valence-corrected chi connectivity index (χ0v) is 24.8. The van der Waals surface area contributed by atoms with Gasteiger partial charge in [0.2, 0.25) is 11.7 Å². The van der Waals surface area contributed by atoms with Crippen LogP contribution >= 0.6 is 0 Å². The Labute approximate surface area is 245 Å². The maximum atomic E-state index is 13.6. The molecule has 0 saturated carbocycles. The minimum Gasteiger partial charge on any atom is -0.497 e. The van der Waals surface area contributed by atoms with E-state index in [-0.39, 0.29) is 11.8 Å². The molecule has 3 aromatic carbocycles. The summed E-state index contributed by atoms with van der Waals surface area (Å²) in [6.45, 7) is 1.52. The molecule has 4 rings (SSSR count). The van der Waals surface area contributed by atoms with Crippen LogP contribution < -0.4 is 28.4 Å². The van der Waals surface area contributed by atoms with Crippen molar-refractivity contribution in [2.24, 2.45) is 0 Å². The molecule has 42 heavy (non-hydrogen) atoms. The minimum atomic E-state index is -0.179. The average Bonchev–Trinajstić information content (AvgIpc) is 3.05. The standard InChI is InChI=1S/C32H36N2O8/c1-37-24-10-7-21(8-11-24)25(22-9-12-26(38-2)27(17-22)39-3)20-30(35)33-13-15-34(16-14-33)32(36)23-18-28(40-4)31(42-6)29(19-23)41-5/h7-12,17-20H,13-16H2,1-6H3. The van der Waals surface area contributed by atoms with Gasteiger partial charge in [0.15, 0.2) is 23.0 Å². The van der Waals surface area contributed by atoms with Crippen LogP contribution in [0.15, 0.2) is 60.7 Å². The molecule has 1 saturated heterocycles. The van der Waals surface area contributed by atoms with Crippen molar-refractivity contribution in [3.8, 4) is 34.5 Å². The molecule has 1 aliphatic heterocycles. The van der Waals surface area contributed by atoms with Crippen LogP contribution in [0, 0.1) is 0 Å². The van der Waals surface area contributed by atoms with E-state index >= 15 is 0 Å². The second kappa shape index (κ2) is 13.7. The van der Waals surface area contributed by atoms with Crippen LogP contribution in [0.3, 0.4) is 0 Å². The van der Waals surface area contributed by atoms with Crippen molar-refractivity contribution in [3.63, 3.8) is 0 Å². The van der Waals surface area contributed by atoms with Gasteiger partial charge in [0.1, 0.15) is 5.75 Å². The summed E-state index contributed by atoms with van der Waals surface area (Å²) in [4.78, 5) is 30.4. The zero-order chi connectivity index (χ0) is 30.2. The average molecular weight is 577 g/mol. The van der Waals surface area contributed by atoms with Gasteiger partial charge in [0.25, 0.3) is 5.91 Å². The molecule has 0 aromatic heterocycles. The number of ether oxygens (including phenoxy) is 6. The molecule has 0 bridgehead atoms. The van der Waals surface area contributed by atoms with E-state index in [9.17, 15) is 9.59 Å². The van der Waals surface area contributed by atoms with Gasteiger partial charge in [-0.15, -0.1) is 0 Å². The lowest BCUT2D eigenvalue weighted by atomic mass is 9.96. The Hall–Kier alpha value is -4.86. The van der Waals surface area contributed by atoms with Gasteiger partial charge in [0.05, 0.1) is 42.7 Å². The highest BCUT2D eigenvalue weighted by Gasteiger charge is 2.26. The number of methoxy groups -OCH3 is 6. The molecule has 0 spiro atoms. The molecule has 222 valence electrons. The van der Waals surface area contributed by atoms with Crippen molar-refractivity contribution < 1.29 is 38.0 Å². The number of hydrogen-bond donors (Lipinski definition) is 0. The van der Waals surface area contributed by atoms with E-state index < -0.39 is 0 Å². The molecule has 1 fully saturated rings. The van der Waals surface area contributed by atoms with Gasteiger partial charge in [-0.2, -0.15) is 0 Å². The molecule has 0 unspecified atom stereocenters. The van der Waals surface area contributed by atoms with Crippen LogP contribution in [0.2, 0.25) is 0 Å². The van der Waals surface area contributed by atoms with E-state index in [1.807, 2.05) is 42.5 Å². The monoisotopic (exact) mass is 576 g/mol. The first-order chi connectivity index (χ1) is 20.4. The van der Waals surface area contributed by atoms with Crippen molar-refractivity contribution >= 4 is 17.4 Å². The molecular weight excluding hydrogens is 540 g/mol. The number of carbonyl (C=O) groups excluding carboxylic acids is 2. The number of benzene rings is 3. The molecular formula is C32H36N2O8. The summed E-state index contributed by atoms with van der Waals surface area (Å²) in [6.07, 6.45) is 1.62. The van der Waals surface area contributed by atoms with Crippen LogP contribution in [0.25, 0.3) is 5.57 Å². The van der Waals surface area contributed by atoms with Crippen LogP contribution in [-0.2, 0) is 4.79 Å². The molecule has 3 aromatic rings. The molecule has 0 radical (unpaired) electrons. The zero-order valence-electron chi connectivity index (χ0n) is 24.8. The first-order valence-electron chi connectivity index (χ1n) is 13.3. The Morgan fingerprint density at radius 3 is 1.62 bits per heavy atom. The Kier molecular flexibility index (Phi) is 9.80. The lowest BCUT2D eigenvalue weighted by molar-refractivity contribution is -0.127. The summed E-state index contributed by atoms with van der Waals surface area (Å²) in [5.41, 5.74) is 2.77. The SMILES string of the molecule is COc1ccc(C(=CC(=O)N2CCN(C(=O)c3cc(OC)c(OC)c(OC)c3)CC2)c2ccc(OC)c(OC)c2)cc1. The fraction of sp³-hybridized carbons (Fsp3) is 0.312. The predicted molar refractivity (Wildman–Crippen MR) is 158 cm³/mol. The fourth-order valence-corrected chi connectivity index (χ4v) is 4.84. The van der Waals surface area contributed by atoms with Crippen molar-refractivity contribution in [1.29, 1.82) is 0 Å². The van der Waals surface area contributed by atoms with Crippen molar-refractivity contribution in [2.75, 3.05) is 68.8 Å². The third-order valence-corrected chi connectivity index (χ3v) is 7.15. The molecule has 1 aliphatic rings. The molecule has 0 atom stereocenters. The summed E-state index contributed by atoms with van der Waals surface area (Å²) in [5, 5.41) is 0. The molecule has 10 heteroatoms. The number of carbonyl (C=O) groups is 2. The third-order valence-electron chi connectivity index (χ3n) is 7.15. The summed E-state index contributed by atoms with van der Waals surface area (Å²) >= 11 is 0. The summed E-state index contributed by atoms with van der Waals surface area (Å²) in [6, 6.07) is 16.3. The number of rotatable bonds is 10. The number of hydrogen-bond acceptors (Lipinski definition) is 8. The lowest BCUT2D eigenvalue weighted by Gasteiger charge is -2.34. The van der Waals surface area contributed by atoms with Gasteiger partial charge in [-0.05, 0) is 53.1 Å². The first kappa shape index (κ1) is 30.1. The second-order valence-corrected chi connectivity index (χ2v) is 9.39. The summed E-state index contributed by atoms with van der Waals surface area (Å²) in [7, 11) is 9.28. The third kappa shape index (κ3) is 6.38. The largest absolute Gasteiger partial charge is 0.497 e. The maximum absolute atomic E-state index is 13.6. The van der Waals surface area contributed by atoms with Crippen LogP contribution in [-0.4, -0.2) is 90.5 Å². The molecule has 10 nitrogen and oxygen atoms in total. The topological polar surface area (TPSA) is 96.0 Å². The Balaban J connectivity index is 1.56. The molecule has 0 aliphatic carbocycles. The van der Waals surface area contributed by atoms with Crippen LogP contribution in [0.1, 0.15) is 21.5 Å². The highest BCUT2D eigenvalue weighted by molar-refractivity contribution is 6.00. The van der Waals surface area contributed by atoms with Gasteiger partial charge in [-0.25, -0.2) is 0 Å². The van der Waals surface area contributed by atoms with E-state index in [0.29, 0.717) is 66.2 Å². The predicted octanol–water partition coefficient (Wildman–Crippen LogP) is 4.15. The van der Waals surface area contributed by atoms with Crippen LogP contribution in [0.5, 0.6) is 34.5 Å². The fourth-order valence-electron chi connectivity index (χ4n) is 4.84. The molecule has 2 amide bonds. The van der Waals surface area contributed by atoms with Crippen molar-refractivity contribution in [2.45, 2.75) is 0 Å². The van der Waals surface area contributed by atoms with Gasteiger partial charge in [0, 0.05) is 37.8 Å². The number of amides is 2. The lowest BCUT2D eigenvalue weighted by Crippen LogP contribution is -2.50. The summed E-state index contributed by atoms with van der Waals surface area (Å²) in [5.74, 6) is 2.75. The Bertz CT molecular complexity index is 1420. The minimum absolute atomic E-state index is 0.157. The van der Waals surface area contributed by atoms with E-state index in [1.54, 1.807) is 49.3 Å². The van der Waals surface area contributed by atoms with E-state index in [0.717, 1.165) is 16.7 Å². The van der Waals surface area contributed by atoms with Crippen molar-refractivity contribution in [1.82, 2.24) is 9.80 Å². The summed E-state index contributed by atoms with van der Waals surface area (Å²) < 4.78 is 32.4. The Morgan fingerprint density at radius 2 is 1.10 bits per heavy atom.